The average molecular weight is 340 g/mol. The van der Waals surface area contributed by atoms with E-state index in [2.05, 4.69) is 4.74 Å². The zero-order chi connectivity index (χ0) is 17.4. The number of fused-ring (bicyclic) bond motifs is 2. The molecule has 0 saturated heterocycles. The Morgan fingerprint density at radius 1 is 1.04 bits per heavy atom. The minimum atomic E-state index is -0.826. The fraction of sp³-hybridized carbons (Fsp3) is 0.111. The van der Waals surface area contributed by atoms with E-state index in [4.69, 9.17) is 18.6 Å². The van der Waals surface area contributed by atoms with Gasteiger partial charge in [0.25, 0.3) is 0 Å². The Labute approximate surface area is 141 Å². The van der Waals surface area contributed by atoms with Crippen LogP contribution in [0.5, 0.6) is 17.2 Å². The quantitative estimate of drug-likeness (QED) is 0.402. The number of carbonyl (C=O) groups is 1. The van der Waals surface area contributed by atoms with Crippen LogP contribution in [0.4, 0.5) is 4.79 Å². The normalized spacial score (nSPS) is 12.2. The average Bonchev–Trinajstić information content (AvgIpc) is 3.09. The molecule has 126 valence electrons. The lowest BCUT2D eigenvalue weighted by molar-refractivity contribution is 0.121. The molecule has 0 amide bonds. The van der Waals surface area contributed by atoms with Gasteiger partial charge in [-0.05, 0) is 42.0 Å². The number of benzene rings is 2. The Morgan fingerprint density at radius 2 is 1.88 bits per heavy atom. The zero-order valence-corrected chi connectivity index (χ0v) is 13.1. The van der Waals surface area contributed by atoms with Crippen molar-refractivity contribution in [3.05, 3.63) is 52.9 Å². The lowest BCUT2D eigenvalue weighted by Crippen LogP contribution is -2.07. The second kappa shape index (κ2) is 5.86. The zero-order valence-electron chi connectivity index (χ0n) is 13.1. The smallest absolute Gasteiger partial charge is 0.454 e. The van der Waals surface area contributed by atoms with Gasteiger partial charge in [-0.2, -0.15) is 0 Å². The van der Waals surface area contributed by atoms with E-state index in [1.165, 1.54) is 13.2 Å². The molecule has 1 aromatic heterocycles. The van der Waals surface area contributed by atoms with Gasteiger partial charge in [0, 0.05) is 5.39 Å². The van der Waals surface area contributed by atoms with Crippen LogP contribution < -0.4 is 19.8 Å². The van der Waals surface area contributed by atoms with E-state index in [0.717, 1.165) is 0 Å². The van der Waals surface area contributed by atoms with Gasteiger partial charge in [0.05, 0.1) is 12.7 Å². The molecule has 2 heterocycles. The minimum absolute atomic E-state index is 0.152. The maximum Gasteiger partial charge on any atom is 0.513 e. The van der Waals surface area contributed by atoms with Gasteiger partial charge >= 0.3 is 11.8 Å². The van der Waals surface area contributed by atoms with E-state index in [9.17, 15) is 9.59 Å². The third kappa shape index (κ3) is 2.76. The molecule has 0 bridgehead atoms. The van der Waals surface area contributed by atoms with Gasteiger partial charge in [-0.15, -0.1) is 0 Å². The summed E-state index contributed by atoms with van der Waals surface area (Å²) in [6, 6.07) is 11.5. The highest BCUT2D eigenvalue weighted by molar-refractivity contribution is 5.84. The molecule has 1 aliphatic rings. The van der Waals surface area contributed by atoms with Crippen molar-refractivity contribution in [2.24, 2.45) is 0 Å². The molecular weight excluding hydrogens is 328 g/mol. The molecule has 0 fully saturated rings. The maximum absolute atomic E-state index is 12.3. The van der Waals surface area contributed by atoms with Crippen LogP contribution in [0.15, 0.2) is 51.7 Å². The third-order valence-electron chi connectivity index (χ3n) is 3.76. The van der Waals surface area contributed by atoms with Crippen LogP contribution in [-0.4, -0.2) is 20.1 Å². The molecule has 0 unspecified atom stereocenters. The third-order valence-corrected chi connectivity index (χ3v) is 3.76. The topological polar surface area (TPSA) is 84.2 Å². The number of rotatable bonds is 2. The Balaban J connectivity index is 1.79. The Morgan fingerprint density at radius 3 is 2.72 bits per heavy atom. The molecule has 0 N–H and O–H groups in total. The summed E-state index contributed by atoms with van der Waals surface area (Å²) in [7, 11) is 1.22. The lowest BCUT2D eigenvalue weighted by Gasteiger charge is -2.06. The van der Waals surface area contributed by atoms with Gasteiger partial charge < -0.3 is 23.4 Å². The number of hydrogen-bond donors (Lipinski definition) is 0. The van der Waals surface area contributed by atoms with Crippen LogP contribution in [0, 0.1) is 0 Å². The van der Waals surface area contributed by atoms with Crippen LogP contribution in [0.3, 0.4) is 0 Å². The summed E-state index contributed by atoms with van der Waals surface area (Å²) in [4.78, 5) is 23.5. The highest BCUT2D eigenvalue weighted by atomic mass is 16.7. The van der Waals surface area contributed by atoms with Gasteiger partial charge in [-0.1, -0.05) is 6.07 Å². The molecule has 3 aromatic rings. The van der Waals surface area contributed by atoms with Crippen LogP contribution >= 0.6 is 0 Å². The van der Waals surface area contributed by atoms with Crippen molar-refractivity contribution in [1.29, 1.82) is 0 Å². The first kappa shape index (κ1) is 15.1. The molecule has 0 radical (unpaired) electrons. The van der Waals surface area contributed by atoms with Crippen molar-refractivity contribution in [3.8, 4) is 28.4 Å². The van der Waals surface area contributed by atoms with Gasteiger partial charge in [0.2, 0.25) is 6.79 Å². The van der Waals surface area contributed by atoms with Crippen molar-refractivity contribution in [3.63, 3.8) is 0 Å². The second-order valence-electron chi connectivity index (χ2n) is 5.27. The van der Waals surface area contributed by atoms with Crippen molar-refractivity contribution < 1.29 is 28.2 Å². The minimum Gasteiger partial charge on any atom is -0.454 e. The van der Waals surface area contributed by atoms with E-state index < -0.39 is 11.8 Å². The first-order valence-electron chi connectivity index (χ1n) is 7.38. The summed E-state index contributed by atoms with van der Waals surface area (Å²) < 4.78 is 25.4. The van der Waals surface area contributed by atoms with Crippen LogP contribution in [0.25, 0.3) is 22.1 Å². The molecule has 0 spiro atoms. The predicted molar refractivity (Wildman–Crippen MR) is 87.1 cm³/mol. The molecular formula is C18H12O7. The molecule has 7 nitrogen and oxygen atoms in total. The van der Waals surface area contributed by atoms with E-state index in [0.29, 0.717) is 33.6 Å². The van der Waals surface area contributed by atoms with Crippen molar-refractivity contribution in [2.45, 2.75) is 0 Å². The van der Waals surface area contributed by atoms with Gasteiger partial charge in [0.15, 0.2) is 11.5 Å². The van der Waals surface area contributed by atoms with E-state index in [1.807, 2.05) is 0 Å². The summed E-state index contributed by atoms with van der Waals surface area (Å²) in [6.07, 6.45) is -0.826. The maximum atomic E-state index is 12.3. The number of ether oxygens (including phenoxy) is 4. The fourth-order valence-corrected chi connectivity index (χ4v) is 2.57. The molecule has 1 aliphatic heterocycles. The molecule has 0 atom stereocenters. The van der Waals surface area contributed by atoms with E-state index >= 15 is 0 Å². The van der Waals surface area contributed by atoms with Crippen LogP contribution in [-0.2, 0) is 4.74 Å². The molecule has 0 saturated carbocycles. The molecule has 0 aliphatic carbocycles. The van der Waals surface area contributed by atoms with E-state index in [-0.39, 0.29) is 12.5 Å². The van der Waals surface area contributed by atoms with Gasteiger partial charge in [0.1, 0.15) is 11.3 Å². The molecule has 2 aromatic carbocycles. The lowest BCUT2D eigenvalue weighted by atomic mass is 10.1. The van der Waals surface area contributed by atoms with Crippen molar-refractivity contribution in [2.75, 3.05) is 13.9 Å². The summed E-state index contributed by atoms with van der Waals surface area (Å²) in [5, 5.41) is 0.605. The second-order valence-corrected chi connectivity index (χ2v) is 5.27. The Bertz CT molecular complexity index is 1040. The predicted octanol–water partition coefficient (Wildman–Crippen LogP) is 3.33. The standard InChI is InChI=1S/C18H12O7/c1-21-18(20)24-12-3-5-14-11(6-12)7-13(17(19)25-14)10-2-4-15-16(8-10)23-9-22-15/h2-8H,9H2,1H3. The number of carbonyl (C=O) groups excluding carboxylic acids is 1. The summed E-state index contributed by atoms with van der Waals surface area (Å²) >= 11 is 0. The van der Waals surface area contributed by atoms with Crippen LogP contribution in [0.1, 0.15) is 0 Å². The van der Waals surface area contributed by atoms with Gasteiger partial charge in [-0.3, -0.25) is 0 Å². The van der Waals surface area contributed by atoms with Crippen LogP contribution in [0.2, 0.25) is 0 Å². The van der Waals surface area contributed by atoms with Crippen molar-refractivity contribution >= 4 is 17.1 Å². The number of methoxy groups -OCH3 is 1. The summed E-state index contributed by atoms with van der Waals surface area (Å²) in [6.45, 7) is 0.152. The molecule has 7 heteroatoms. The molecule has 4 rings (SSSR count). The Hall–Kier alpha value is -3.48. The summed E-state index contributed by atoms with van der Waals surface area (Å²) in [5.74, 6) is 1.48. The Kier molecular flexibility index (Phi) is 3.53. The summed E-state index contributed by atoms with van der Waals surface area (Å²) in [5.41, 5.74) is 0.903. The van der Waals surface area contributed by atoms with Crippen molar-refractivity contribution in [1.82, 2.24) is 0 Å². The largest absolute Gasteiger partial charge is 0.513 e. The highest BCUT2D eigenvalue weighted by Crippen LogP contribution is 2.35. The first-order chi connectivity index (χ1) is 12.1. The highest BCUT2D eigenvalue weighted by Gasteiger charge is 2.16. The van der Waals surface area contributed by atoms with E-state index in [1.54, 1.807) is 36.4 Å². The monoisotopic (exact) mass is 340 g/mol. The number of hydrogen-bond acceptors (Lipinski definition) is 7. The fourth-order valence-electron chi connectivity index (χ4n) is 2.57. The van der Waals surface area contributed by atoms with Gasteiger partial charge in [-0.25, -0.2) is 9.59 Å². The molecule has 25 heavy (non-hydrogen) atoms. The first-order valence-corrected chi connectivity index (χ1v) is 7.38. The SMILES string of the molecule is COC(=O)Oc1ccc2oc(=O)c(-c3ccc4c(c3)OCO4)cc2c1.